The molecular weight excluding hydrogens is 164 g/mol. The highest BCUT2D eigenvalue weighted by Crippen LogP contribution is 2.45. The molecule has 0 aliphatic carbocycles. The number of hydrogen-bond acceptors (Lipinski definition) is 2. The first-order valence-electron chi connectivity index (χ1n) is 4.94. The first-order chi connectivity index (χ1) is 5.85. The zero-order valence-corrected chi connectivity index (χ0v) is 9.73. The maximum absolute atomic E-state index is 11.7. The smallest absolute Gasteiger partial charge is 0.312 e. The third-order valence-corrected chi connectivity index (χ3v) is 3.22. The van der Waals surface area contributed by atoms with Crippen molar-refractivity contribution >= 4 is 5.97 Å². The summed E-state index contributed by atoms with van der Waals surface area (Å²) in [4.78, 5) is 11.7. The van der Waals surface area contributed by atoms with Gasteiger partial charge in [-0.3, -0.25) is 4.79 Å². The lowest BCUT2D eigenvalue weighted by Crippen LogP contribution is -2.42. The molecule has 0 bridgehead atoms. The fourth-order valence-electron chi connectivity index (χ4n) is 2.10. The summed E-state index contributed by atoms with van der Waals surface area (Å²) >= 11 is 0. The molecule has 0 unspecified atom stereocenters. The van der Waals surface area contributed by atoms with Gasteiger partial charge in [-0.15, -0.1) is 0 Å². The Morgan fingerprint density at radius 2 is 1.54 bits per heavy atom. The van der Waals surface area contributed by atoms with E-state index in [9.17, 15) is 4.79 Å². The fraction of sp³-hybridized carbons (Fsp3) is 0.909. The molecule has 0 spiro atoms. The molecule has 0 amide bonds. The topological polar surface area (TPSA) is 26.3 Å². The van der Waals surface area contributed by atoms with Crippen molar-refractivity contribution in [1.82, 2.24) is 0 Å². The minimum atomic E-state index is -0.332. The third-order valence-electron chi connectivity index (χ3n) is 3.22. The Morgan fingerprint density at radius 3 is 1.62 bits per heavy atom. The van der Waals surface area contributed by atoms with Gasteiger partial charge in [-0.25, -0.2) is 0 Å². The predicted molar refractivity (Wildman–Crippen MR) is 54.5 cm³/mol. The number of rotatable bonds is 3. The summed E-state index contributed by atoms with van der Waals surface area (Å²) < 4.78 is 4.89. The van der Waals surface area contributed by atoms with Crippen molar-refractivity contribution in [2.75, 3.05) is 7.11 Å². The lowest BCUT2D eigenvalue weighted by atomic mass is 9.63. The standard InChI is InChI=1S/C11H22O2/c1-7-11(8-2,9(12)13-6)10(3,4)5/h7-8H2,1-6H3. The maximum atomic E-state index is 11.7. The zero-order valence-electron chi connectivity index (χ0n) is 9.73. The van der Waals surface area contributed by atoms with Crippen molar-refractivity contribution in [2.24, 2.45) is 10.8 Å². The van der Waals surface area contributed by atoms with E-state index in [-0.39, 0.29) is 16.8 Å². The Kier molecular flexibility index (Phi) is 3.95. The third kappa shape index (κ3) is 2.04. The highest BCUT2D eigenvalue weighted by Gasteiger charge is 2.46. The summed E-state index contributed by atoms with van der Waals surface area (Å²) in [7, 11) is 1.47. The molecule has 0 aliphatic rings. The zero-order chi connectivity index (χ0) is 10.7. The Balaban J connectivity index is 5.03. The van der Waals surface area contributed by atoms with Crippen molar-refractivity contribution in [3.05, 3.63) is 0 Å². The van der Waals surface area contributed by atoms with Crippen LogP contribution in [-0.4, -0.2) is 13.1 Å². The summed E-state index contributed by atoms with van der Waals surface area (Å²) in [6.07, 6.45) is 1.67. The minimum absolute atomic E-state index is 0.0381. The van der Waals surface area contributed by atoms with Gasteiger partial charge < -0.3 is 4.74 Å². The van der Waals surface area contributed by atoms with Crippen LogP contribution in [0.15, 0.2) is 0 Å². The van der Waals surface area contributed by atoms with E-state index in [0.29, 0.717) is 0 Å². The highest BCUT2D eigenvalue weighted by molar-refractivity contribution is 5.77. The van der Waals surface area contributed by atoms with Crippen molar-refractivity contribution < 1.29 is 9.53 Å². The largest absolute Gasteiger partial charge is 0.469 e. The first kappa shape index (κ1) is 12.5. The van der Waals surface area contributed by atoms with Crippen LogP contribution in [0.25, 0.3) is 0 Å². The molecule has 2 nitrogen and oxygen atoms in total. The van der Waals surface area contributed by atoms with E-state index in [0.717, 1.165) is 12.8 Å². The SMILES string of the molecule is CCC(CC)(C(=O)OC)C(C)(C)C. The summed E-state index contributed by atoms with van der Waals surface area (Å²) in [5, 5.41) is 0. The van der Waals surface area contributed by atoms with E-state index < -0.39 is 0 Å². The number of methoxy groups -OCH3 is 1. The van der Waals surface area contributed by atoms with E-state index in [1.165, 1.54) is 7.11 Å². The van der Waals surface area contributed by atoms with Gasteiger partial charge in [0.25, 0.3) is 0 Å². The quantitative estimate of drug-likeness (QED) is 0.633. The molecule has 0 N–H and O–H groups in total. The van der Waals surface area contributed by atoms with Gasteiger partial charge in [0.15, 0.2) is 0 Å². The number of ether oxygens (including phenoxy) is 1. The number of carbonyl (C=O) groups excluding carboxylic acids is 1. The molecule has 0 saturated heterocycles. The molecule has 78 valence electrons. The van der Waals surface area contributed by atoms with Gasteiger partial charge in [0.05, 0.1) is 12.5 Å². The Labute approximate surface area is 81.7 Å². The second-order valence-electron chi connectivity index (χ2n) is 4.53. The molecule has 0 aliphatic heterocycles. The van der Waals surface area contributed by atoms with Crippen LogP contribution in [0.3, 0.4) is 0 Å². The lowest BCUT2D eigenvalue weighted by Gasteiger charge is -2.41. The van der Waals surface area contributed by atoms with Gasteiger partial charge in [0.2, 0.25) is 0 Å². The number of esters is 1. The molecular formula is C11H22O2. The molecule has 0 aromatic rings. The summed E-state index contributed by atoms with van der Waals surface area (Å²) in [5.41, 5.74) is -0.370. The minimum Gasteiger partial charge on any atom is -0.469 e. The van der Waals surface area contributed by atoms with E-state index in [2.05, 4.69) is 20.8 Å². The van der Waals surface area contributed by atoms with Crippen LogP contribution in [-0.2, 0) is 9.53 Å². The van der Waals surface area contributed by atoms with E-state index >= 15 is 0 Å². The van der Waals surface area contributed by atoms with E-state index in [4.69, 9.17) is 4.74 Å². The van der Waals surface area contributed by atoms with Crippen molar-refractivity contribution in [3.63, 3.8) is 0 Å². The van der Waals surface area contributed by atoms with Crippen LogP contribution < -0.4 is 0 Å². The second-order valence-corrected chi connectivity index (χ2v) is 4.53. The molecule has 0 radical (unpaired) electrons. The fourth-order valence-corrected chi connectivity index (χ4v) is 2.10. The van der Waals surface area contributed by atoms with E-state index in [1.54, 1.807) is 0 Å². The average molecular weight is 186 g/mol. The van der Waals surface area contributed by atoms with Crippen LogP contribution in [0.2, 0.25) is 0 Å². The average Bonchev–Trinajstić information content (AvgIpc) is 2.04. The van der Waals surface area contributed by atoms with Gasteiger partial charge in [-0.2, -0.15) is 0 Å². The van der Waals surface area contributed by atoms with Gasteiger partial charge in [-0.05, 0) is 18.3 Å². The molecule has 13 heavy (non-hydrogen) atoms. The van der Waals surface area contributed by atoms with Crippen LogP contribution in [0.1, 0.15) is 47.5 Å². The molecule has 0 saturated carbocycles. The van der Waals surface area contributed by atoms with Crippen LogP contribution in [0.5, 0.6) is 0 Å². The molecule has 0 aromatic carbocycles. The monoisotopic (exact) mass is 186 g/mol. The first-order valence-corrected chi connectivity index (χ1v) is 4.94. The van der Waals surface area contributed by atoms with Gasteiger partial charge in [0, 0.05) is 0 Å². The highest BCUT2D eigenvalue weighted by atomic mass is 16.5. The lowest BCUT2D eigenvalue weighted by molar-refractivity contribution is -0.161. The van der Waals surface area contributed by atoms with Crippen LogP contribution >= 0.6 is 0 Å². The van der Waals surface area contributed by atoms with Gasteiger partial charge in [-0.1, -0.05) is 34.6 Å². The molecule has 0 rings (SSSR count). The molecule has 2 heteroatoms. The second kappa shape index (κ2) is 4.12. The summed E-state index contributed by atoms with van der Waals surface area (Å²) in [6.45, 7) is 10.4. The maximum Gasteiger partial charge on any atom is 0.312 e. The number of carbonyl (C=O) groups is 1. The van der Waals surface area contributed by atoms with Gasteiger partial charge in [0.1, 0.15) is 0 Å². The Bertz CT molecular complexity index is 173. The van der Waals surface area contributed by atoms with E-state index in [1.807, 2.05) is 13.8 Å². The van der Waals surface area contributed by atoms with Gasteiger partial charge >= 0.3 is 5.97 Å². The normalized spacial score (nSPS) is 12.8. The molecule has 0 fully saturated rings. The summed E-state index contributed by atoms with van der Waals surface area (Å²) in [6, 6.07) is 0. The molecule has 0 atom stereocenters. The van der Waals surface area contributed by atoms with Crippen molar-refractivity contribution in [1.29, 1.82) is 0 Å². The summed E-state index contributed by atoms with van der Waals surface area (Å²) in [5.74, 6) is -0.0787. The van der Waals surface area contributed by atoms with Crippen LogP contribution in [0, 0.1) is 10.8 Å². The molecule has 0 aromatic heterocycles. The predicted octanol–water partition coefficient (Wildman–Crippen LogP) is 3.01. The number of hydrogen-bond donors (Lipinski definition) is 0. The van der Waals surface area contributed by atoms with Crippen LogP contribution in [0.4, 0.5) is 0 Å². The molecule has 0 heterocycles. The van der Waals surface area contributed by atoms with Crippen molar-refractivity contribution in [3.8, 4) is 0 Å². The Hall–Kier alpha value is -0.530. The van der Waals surface area contributed by atoms with Crippen molar-refractivity contribution in [2.45, 2.75) is 47.5 Å². The Morgan fingerprint density at radius 1 is 1.15 bits per heavy atom.